The van der Waals surface area contributed by atoms with Gasteiger partial charge in [0.05, 0.1) is 33.2 Å². The predicted octanol–water partition coefficient (Wildman–Crippen LogP) is 6.49. The lowest BCUT2D eigenvalue weighted by molar-refractivity contribution is -0.116. The van der Waals surface area contributed by atoms with Crippen molar-refractivity contribution in [3.05, 3.63) is 68.1 Å². The Kier molecular flexibility index (Phi) is 8.40. The van der Waals surface area contributed by atoms with E-state index in [1.54, 1.807) is 18.2 Å². The van der Waals surface area contributed by atoms with E-state index in [0.29, 0.717) is 43.9 Å². The molecule has 3 N–H and O–H groups in total. The number of ether oxygens (including phenoxy) is 1. The van der Waals surface area contributed by atoms with Crippen molar-refractivity contribution in [2.75, 3.05) is 12.3 Å². The van der Waals surface area contributed by atoms with Gasteiger partial charge in [-0.25, -0.2) is 9.37 Å². The van der Waals surface area contributed by atoms with Crippen molar-refractivity contribution in [2.24, 2.45) is 11.8 Å². The molecule has 2 bridgehead atoms. The Hall–Kier alpha value is -2.65. The van der Waals surface area contributed by atoms with Crippen molar-refractivity contribution in [1.29, 1.82) is 0 Å². The highest BCUT2D eigenvalue weighted by molar-refractivity contribution is 7.85. The molecule has 2 aromatic carbocycles. The molecule has 1 amide bonds. The van der Waals surface area contributed by atoms with Crippen molar-refractivity contribution in [1.82, 2.24) is 15.5 Å². The Morgan fingerprint density at radius 2 is 1.85 bits per heavy atom. The van der Waals surface area contributed by atoms with Gasteiger partial charge in [0.2, 0.25) is 0 Å². The minimum absolute atomic E-state index is 0.0145. The highest BCUT2D eigenvalue weighted by Gasteiger charge is 2.56. The molecule has 2 heterocycles. The summed E-state index contributed by atoms with van der Waals surface area (Å²) in [4.78, 5) is 17.1. The van der Waals surface area contributed by atoms with Gasteiger partial charge in [-0.05, 0) is 74.6 Å². The number of carbonyl (C=O) groups is 1. The number of rotatable bonds is 10. The number of aliphatic hydroxyl groups is 1. The van der Waals surface area contributed by atoms with Crippen LogP contribution in [0.15, 0.2) is 34.9 Å². The summed E-state index contributed by atoms with van der Waals surface area (Å²) in [6, 6.07) is 7.80. The number of fused-ring (bicyclic) bond motifs is 3. The van der Waals surface area contributed by atoms with Crippen LogP contribution in [0.3, 0.4) is 0 Å². The molecule has 7 rings (SSSR count). The Morgan fingerprint density at radius 3 is 2.50 bits per heavy atom. The highest BCUT2D eigenvalue weighted by atomic mass is 35.5. The van der Waals surface area contributed by atoms with Gasteiger partial charge in [-0.1, -0.05) is 34.4 Å². The van der Waals surface area contributed by atoms with Crippen LogP contribution < -0.4 is 5.32 Å². The summed E-state index contributed by atoms with van der Waals surface area (Å²) in [5.41, 5.74) is 0.812. The minimum Gasteiger partial charge on any atom is -0.382 e. The number of thiazole rings is 1. The van der Waals surface area contributed by atoms with E-state index in [0.717, 1.165) is 54.4 Å². The topological polar surface area (TPSA) is 152 Å². The molecule has 4 atom stereocenters. The van der Waals surface area contributed by atoms with E-state index in [1.165, 1.54) is 6.07 Å². The van der Waals surface area contributed by atoms with E-state index in [4.69, 9.17) is 37.0 Å². The van der Waals surface area contributed by atoms with Crippen LogP contribution in [0.1, 0.15) is 71.1 Å². The SMILES string of the molecule is O=C(NCCS(=O)(=O)O)c1cc(F)c2nc([C@@]3(O)[C@@H]4CC[C@H]3C[C@@H](OCc3c(-c5c(Cl)cccc5Cl)noc3C3CC3)C4)sc2c1. The highest BCUT2D eigenvalue weighted by Crippen LogP contribution is 2.57. The number of aromatic nitrogens is 2. The third-order valence-electron chi connectivity index (χ3n) is 9.33. The number of amides is 1. The average Bonchev–Trinajstić information content (AvgIpc) is 3.57. The lowest BCUT2D eigenvalue weighted by atomic mass is 9.73. The first kappa shape index (κ1) is 31.9. The van der Waals surface area contributed by atoms with Crippen molar-refractivity contribution in [3.8, 4) is 11.3 Å². The molecule has 3 saturated carbocycles. The van der Waals surface area contributed by atoms with Crippen molar-refractivity contribution >= 4 is 60.8 Å². The lowest BCUT2D eigenvalue weighted by Gasteiger charge is -2.41. The maximum absolute atomic E-state index is 15.1. The molecule has 0 spiro atoms. The number of nitrogens with zero attached hydrogens (tertiary/aromatic N) is 2. The number of benzene rings is 2. The van der Waals surface area contributed by atoms with Crippen LogP contribution >= 0.6 is 34.5 Å². The molecule has 0 saturated heterocycles. The number of halogens is 3. The molecule has 3 fully saturated rings. The van der Waals surface area contributed by atoms with E-state index < -0.39 is 33.2 Å². The normalized spacial score (nSPS) is 24.5. The molecule has 244 valence electrons. The number of nitrogens with one attached hydrogen (secondary N) is 1. The minimum atomic E-state index is -4.25. The maximum Gasteiger partial charge on any atom is 0.266 e. The predicted molar refractivity (Wildman–Crippen MR) is 170 cm³/mol. The second-order valence-electron chi connectivity index (χ2n) is 12.3. The molecule has 46 heavy (non-hydrogen) atoms. The third kappa shape index (κ3) is 5.95. The van der Waals surface area contributed by atoms with Crippen LogP contribution in [0.4, 0.5) is 4.39 Å². The van der Waals surface area contributed by atoms with E-state index in [-0.39, 0.29) is 48.1 Å². The molecular formula is C31H30Cl2FN3O7S2. The van der Waals surface area contributed by atoms with Crippen molar-refractivity contribution in [2.45, 2.75) is 62.8 Å². The summed E-state index contributed by atoms with van der Waals surface area (Å²) < 4.78 is 58.6. The van der Waals surface area contributed by atoms with Gasteiger partial charge >= 0.3 is 0 Å². The maximum atomic E-state index is 15.1. The van der Waals surface area contributed by atoms with Crippen LogP contribution in [0.2, 0.25) is 10.0 Å². The Morgan fingerprint density at radius 1 is 1.15 bits per heavy atom. The smallest absolute Gasteiger partial charge is 0.266 e. The van der Waals surface area contributed by atoms with E-state index in [1.807, 2.05) is 0 Å². The fraction of sp³-hybridized carbons (Fsp3) is 0.452. The summed E-state index contributed by atoms with van der Waals surface area (Å²) in [6.45, 7) is -0.0676. The quantitative estimate of drug-likeness (QED) is 0.157. The Labute approximate surface area is 278 Å². The summed E-state index contributed by atoms with van der Waals surface area (Å²) in [6.07, 6.45) is 4.59. The van der Waals surface area contributed by atoms with Crippen LogP contribution in [0.5, 0.6) is 0 Å². The van der Waals surface area contributed by atoms with E-state index in [9.17, 15) is 18.3 Å². The molecule has 0 unspecified atom stereocenters. The Balaban J connectivity index is 1.08. The van der Waals surface area contributed by atoms with Gasteiger partial charge in [0.25, 0.3) is 16.0 Å². The number of hydrogen-bond donors (Lipinski definition) is 3. The number of hydrogen-bond acceptors (Lipinski definition) is 9. The summed E-state index contributed by atoms with van der Waals surface area (Å²) in [7, 11) is -4.25. The summed E-state index contributed by atoms with van der Waals surface area (Å²) >= 11 is 14.2. The van der Waals surface area contributed by atoms with Crippen LogP contribution in [0, 0.1) is 17.7 Å². The molecular weight excluding hydrogens is 680 g/mol. The molecule has 0 radical (unpaired) electrons. The fourth-order valence-electron chi connectivity index (χ4n) is 6.92. The van der Waals surface area contributed by atoms with Gasteiger partial charge in [-0.15, -0.1) is 11.3 Å². The number of carbonyl (C=O) groups excluding carboxylic acids is 1. The first-order valence-corrected chi connectivity index (χ1v) is 18.2. The van der Waals surface area contributed by atoms with E-state index in [2.05, 4.69) is 15.5 Å². The second-order valence-corrected chi connectivity index (χ2v) is 15.7. The molecule has 4 aromatic rings. The zero-order valence-electron chi connectivity index (χ0n) is 24.3. The molecule has 10 nitrogen and oxygen atoms in total. The zero-order chi connectivity index (χ0) is 32.4. The lowest BCUT2D eigenvalue weighted by Crippen LogP contribution is -2.44. The molecule has 3 aliphatic carbocycles. The van der Waals surface area contributed by atoms with Gasteiger partial charge in [0.1, 0.15) is 27.6 Å². The summed E-state index contributed by atoms with van der Waals surface area (Å²) in [5.74, 6) is -1.31. The van der Waals surface area contributed by atoms with E-state index >= 15 is 4.39 Å². The van der Waals surface area contributed by atoms with Crippen molar-refractivity contribution < 1.29 is 36.5 Å². The Bertz CT molecular complexity index is 1910. The van der Waals surface area contributed by atoms with Gasteiger partial charge in [-0.2, -0.15) is 8.42 Å². The standard InChI is InChI=1S/C31H30Cl2FN3O7S2/c32-21-2-1-3-22(33)25(21)26-20(28(44-37-26)15-4-5-15)14-43-19-12-17-6-7-18(13-19)31(17,39)30-36-27-23(34)10-16(11-24(27)45-30)29(38)35-8-9-46(40,41)42/h1-3,10-11,15,17-19,39H,4-9,12-14H2,(H,35,38)(H,40,41,42)/t17-,18+,19+,31-. The molecule has 3 aliphatic rings. The first-order chi connectivity index (χ1) is 21.9. The third-order valence-corrected chi connectivity index (χ3v) is 11.8. The molecule has 15 heteroatoms. The van der Waals surface area contributed by atoms with Gasteiger partial charge in [0, 0.05) is 29.2 Å². The van der Waals surface area contributed by atoms with Gasteiger partial charge in [-0.3, -0.25) is 9.35 Å². The fourth-order valence-corrected chi connectivity index (χ4v) is 9.13. The monoisotopic (exact) mass is 709 g/mol. The molecule has 2 aromatic heterocycles. The zero-order valence-corrected chi connectivity index (χ0v) is 27.5. The van der Waals surface area contributed by atoms with Gasteiger partial charge < -0.3 is 19.7 Å². The van der Waals surface area contributed by atoms with Crippen LogP contribution in [0.25, 0.3) is 21.5 Å². The van der Waals surface area contributed by atoms with Crippen LogP contribution in [-0.4, -0.2) is 52.5 Å². The first-order valence-electron chi connectivity index (χ1n) is 15.0. The largest absolute Gasteiger partial charge is 0.382 e. The second kappa shape index (κ2) is 12.1. The molecule has 0 aliphatic heterocycles. The van der Waals surface area contributed by atoms with Gasteiger partial charge in [0.15, 0.2) is 5.82 Å². The van der Waals surface area contributed by atoms with Crippen LogP contribution in [-0.2, 0) is 27.1 Å². The van der Waals surface area contributed by atoms with Crippen molar-refractivity contribution in [3.63, 3.8) is 0 Å². The average molecular weight is 711 g/mol. The summed E-state index contributed by atoms with van der Waals surface area (Å²) in [5, 5.41) is 20.2.